The van der Waals surface area contributed by atoms with Crippen molar-refractivity contribution in [2.75, 3.05) is 6.61 Å². The smallest absolute Gasteiger partial charge is 0.166 e. The zero-order valence-electron chi connectivity index (χ0n) is 20.5. The molecule has 1 unspecified atom stereocenters. The molecule has 0 heterocycles. The Morgan fingerprint density at radius 2 is 1.69 bits per heavy atom. The molecule has 0 spiro atoms. The Kier molecular flexibility index (Phi) is 8.33. The predicted molar refractivity (Wildman–Crippen MR) is 137 cm³/mol. The van der Waals surface area contributed by atoms with Crippen LogP contribution in [0, 0.1) is 30.3 Å². The van der Waals surface area contributed by atoms with Crippen LogP contribution in [0.15, 0.2) is 60.7 Å². The van der Waals surface area contributed by atoms with Crippen LogP contribution in [-0.2, 0) is 6.42 Å². The quantitative estimate of drug-likeness (QED) is 0.279. The van der Waals surface area contributed by atoms with Gasteiger partial charge in [0.25, 0.3) is 0 Å². The van der Waals surface area contributed by atoms with E-state index >= 15 is 0 Å². The van der Waals surface area contributed by atoms with Crippen molar-refractivity contribution in [1.82, 2.24) is 0 Å². The van der Waals surface area contributed by atoms with E-state index in [0.717, 1.165) is 49.7 Å². The van der Waals surface area contributed by atoms with Gasteiger partial charge in [-0.05, 0) is 80.2 Å². The van der Waals surface area contributed by atoms with E-state index in [1.807, 2.05) is 37.3 Å². The Morgan fingerprint density at radius 1 is 0.914 bits per heavy atom. The lowest BCUT2D eigenvalue weighted by Gasteiger charge is -2.23. The molecule has 1 atom stereocenters. The molecule has 0 radical (unpaired) electrons. The average Bonchev–Trinajstić information content (AvgIpc) is 2.86. The van der Waals surface area contributed by atoms with Gasteiger partial charge in [0.05, 0.1) is 6.61 Å². The number of hydrogen-bond acceptors (Lipinski definition) is 1. The number of benzene rings is 3. The Balaban J connectivity index is 1.36. The molecule has 35 heavy (non-hydrogen) atoms. The fraction of sp³-hybridized carbons (Fsp3) is 0.355. The summed E-state index contributed by atoms with van der Waals surface area (Å²) < 4.78 is 49.8. The first-order valence-electron chi connectivity index (χ1n) is 12.6. The fourth-order valence-corrected chi connectivity index (χ4v) is 4.67. The van der Waals surface area contributed by atoms with E-state index in [1.54, 1.807) is 18.2 Å². The monoisotopic (exact) mass is 478 g/mol. The summed E-state index contributed by atoms with van der Waals surface area (Å²) in [6.07, 6.45) is 7.85. The summed E-state index contributed by atoms with van der Waals surface area (Å²) in [4.78, 5) is 0. The van der Waals surface area contributed by atoms with Crippen LogP contribution < -0.4 is 4.74 Å². The number of rotatable bonds is 9. The Bertz CT molecular complexity index is 1180. The van der Waals surface area contributed by atoms with Gasteiger partial charge >= 0.3 is 0 Å². The van der Waals surface area contributed by atoms with Crippen LogP contribution in [0.3, 0.4) is 0 Å². The zero-order valence-corrected chi connectivity index (χ0v) is 20.5. The molecule has 0 N–H and O–H groups in total. The molecule has 0 amide bonds. The van der Waals surface area contributed by atoms with E-state index in [2.05, 4.69) is 13.0 Å². The molecule has 1 nitrogen and oxygen atoms in total. The number of allylic oxidation sites excluding steroid dienone is 2. The maximum absolute atomic E-state index is 14.8. The van der Waals surface area contributed by atoms with Crippen LogP contribution in [0.2, 0.25) is 0 Å². The summed E-state index contributed by atoms with van der Waals surface area (Å²) in [5, 5.41) is 0. The Hall–Kier alpha value is -3.01. The first-order chi connectivity index (χ1) is 17.0. The van der Waals surface area contributed by atoms with E-state index < -0.39 is 11.6 Å². The number of unbranched alkanes of at least 4 members (excludes halogenated alkanes) is 1. The molecule has 3 aromatic carbocycles. The molecule has 0 aromatic heterocycles. The van der Waals surface area contributed by atoms with Crippen molar-refractivity contribution in [1.29, 1.82) is 0 Å². The first kappa shape index (κ1) is 25.1. The van der Waals surface area contributed by atoms with Crippen molar-refractivity contribution in [3.05, 3.63) is 94.8 Å². The average molecular weight is 479 g/mol. The number of aryl methyl sites for hydroxylation is 2. The topological polar surface area (TPSA) is 9.23 Å². The largest absolute Gasteiger partial charge is 0.493 e. The molecule has 1 aliphatic carbocycles. The highest BCUT2D eigenvalue weighted by molar-refractivity contribution is 5.67. The minimum atomic E-state index is -0.783. The molecule has 0 fully saturated rings. The minimum absolute atomic E-state index is 0.255. The normalized spacial score (nSPS) is 15.7. The van der Waals surface area contributed by atoms with E-state index in [-0.39, 0.29) is 5.82 Å². The van der Waals surface area contributed by atoms with Crippen molar-refractivity contribution in [2.45, 2.75) is 58.8 Å². The summed E-state index contributed by atoms with van der Waals surface area (Å²) in [5.74, 6) is -0.850. The van der Waals surface area contributed by atoms with Gasteiger partial charge < -0.3 is 4.74 Å². The molecule has 1 aliphatic rings. The molecule has 184 valence electrons. The van der Waals surface area contributed by atoms with Gasteiger partial charge in [-0.15, -0.1) is 0 Å². The molecule has 4 heteroatoms. The first-order valence-corrected chi connectivity index (χ1v) is 12.6. The fourth-order valence-electron chi connectivity index (χ4n) is 4.67. The lowest BCUT2D eigenvalue weighted by atomic mass is 9.83. The van der Waals surface area contributed by atoms with Crippen LogP contribution in [-0.4, -0.2) is 6.61 Å². The molecule has 0 saturated heterocycles. The molecular formula is C31H33F3O. The number of ether oxygens (including phenoxy) is 1. The van der Waals surface area contributed by atoms with E-state index in [1.165, 1.54) is 6.07 Å². The second kappa shape index (κ2) is 11.6. The SMILES string of the molecule is CCCCOc1ccc(C2=CCC(CCc3ccc(-c4ccc(C)cc4)c(F)c3F)CC2)c(F)c1. The second-order valence-corrected chi connectivity index (χ2v) is 9.52. The van der Waals surface area contributed by atoms with Crippen molar-refractivity contribution in [3.63, 3.8) is 0 Å². The molecule has 0 aliphatic heterocycles. The van der Waals surface area contributed by atoms with Crippen LogP contribution in [0.25, 0.3) is 16.7 Å². The predicted octanol–water partition coefficient (Wildman–Crippen LogP) is 9.07. The molecule has 0 bridgehead atoms. The van der Waals surface area contributed by atoms with Gasteiger partial charge in [0.15, 0.2) is 11.6 Å². The third-order valence-corrected chi connectivity index (χ3v) is 6.92. The summed E-state index contributed by atoms with van der Waals surface area (Å²) >= 11 is 0. The van der Waals surface area contributed by atoms with E-state index in [0.29, 0.717) is 46.9 Å². The van der Waals surface area contributed by atoms with Crippen molar-refractivity contribution >= 4 is 5.57 Å². The molecule has 3 aromatic rings. The highest BCUT2D eigenvalue weighted by atomic mass is 19.2. The highest BCUT2D eigenvalue weighted by Gasteiger charge is 2.20. The summed E-state index contributed by atoms with van der Waals surface area (Å²) in [6, 6.07) is 15.9. The minimum Gasteiger partial charge on any atom is -0.493 e. The van der Waals surface area contributed by atoms with Crippen LogP contribution in [0.4, 0.5) is 13.2 Å². The molecule has 0 saturated carbocycles. The Labute approximate surface area is 206 Å². The van der Waals surface area contributed by atoms with Crippen LogP contribution in [0.1, 0.15) is 62.1 Å². The van der Waals surface area contributed by atoms with E-state index in [4.69, 9.17) is 4.74 Å². The Morgan fingerprint density at radius 3 is 2.37 bits per heavy atom. The van der Waals surface area contributed by atoms with Gasteiger partial charge in [0.1, 0.15) is 11.6 Å². The third-order valence-electron chi connectivity index (χ3n) is 6.92. The van der Waals surface area contributed by atoms with Gasteiger partial charge in [-0.3, -0.25) is 0 Å². The molecular weight excluding hydrogens is 445 g/mol. The number of hydrogen-bond donors (Lipinski definition) is 0. The summed E-state index contributed by atoms with van der Waals surface area (Å²) in [7, 11) is 0. The lowest BCUT2D eigenvalue weighted by Crippen LogP contribution is -2.08. The zero-order chi connectivity index (χ0) is 24.8. The van der Waals surface area contributed by atoms with Gasteiger partial charge in [0, 0.05) is 17.2 Å². The van der Waals surface area contributed by atoms with Crippen molar-refractivity contribution in [3.8, 4) is 16.9 Å². The summed E-state index contributed by atoms with van der Waals surface area (Å²) in [6.45, 7) is 4.65. The second-order valence-electron chi connectivity index (χ2n) is 9.52. The highest BCUT2D eigenvalue weighted by Crippen LogP contribution is 2.35. The van der Waals surface area contributed by atoms with Gasteiger partial charge in [-0.25, -0.2) is 13.2 Å². The third kappa shape index (κ3) is 6.17. The van der Waals surface area contributed by atoms with Crippen LogP contribution in [0.5, 0.6) is 5.75 Å². The van der Waals surface area contributed by atoms with Crippen molar-refractivity contribution < 1.29 is 17.9 Å². The standard InChI is InChI=1S/C31H33F3O/c1-3-4-19-35-26-16-18-27(29(32)20-26)23-12-7-22(8-13-23)9-14-25-15-17-28(31(34)30(25)33)24-10-5-21(2)6-11-24/h5-6,10-12,15-18,20,22H,3-4,7-9,13-14,19H2,1-2H3. The number of halogens is 3. The van der Waals surface area contributed by atoms with E-state index in [9.17, 15) is 13.2 Å². The summed E-state index contributed by atoms with van der Waals surface area (Å²) in [5.41, 5.74) is 4.10. The lowest BCUT2D eigenvalue weighted by molar-refractivity contribution is 0.308. The van der Waals surface area contributed by atoms with Crippen molar-refractivity contribution in [2.24, 2.45) is 5.92 Å². The maximum Gasteiger partial charge on any atom is 0.166 e. The van der Waals surface area contributed by atoms with Crippen LogP contribution >= 0.6 is 0 Å². The van der Waals surface area contributed by atoms with Gasteiger partial charge in [-0.1, -0.05) is 61.4 Å². The van der Waals surface area contributed by atoms with Gasteiger partial charge in [0.2, 0.25) is 0 Å². The maximum atomic E-state index is 14.8. The molecule has 4 rings (SSSR count). The van der Waals surface area contributed by atoms with Gasteiger partial charge in [-0.2, -0.15) is 0 Å².